The zero-order valence-corrected chi connectivity index (χ0v) is 20.4. The molecule has 0 aliphatic carbocycles. The summed E-state index contributed by atoms with van der Waals surface area (Å²) in [5.41, 5.74) is 11.0. The second kappa shape index (κ2) is 15.9. The molecule has 0 spiro atoms. The topological polar surface area (TPSA) is 231 Å². The number of nitrogens with one attached hydrogen (secondary N) is 3. The van der Waals surface area contributed by atoms with Crippen molar-refractivity contribution >= 4 is 47.3 Å². The van der Waals surface area contributed by atoms with Crippen LogP contribution in [0, 0.1) is 5.92 Å². The summed E-state index contributed by atoms with van der Waals surface area (Å²) in [5.74, 6) is -5.52. The fourth-order valence-corrected chi connectivity index (χ4v) is 3.35. The molecule has 0 aliphatic heterocycles. The first-order valence-corrected chi connectivity index (χ1v) is 12.1. The first-order valence-electron chi connectivity index (χ1n) is 10.7. The van der Waals surface area contributed by atoms with Gasteiger partial charge in [-0.1, -0.05) is 13.8 Å². The maximum absolute atomic E-state index is 12.8. The zero-order valence-electron chi connectivity index (χ0n) is 19.5. The molecule has 0 heterocycles. The van der Waals surface area contributed by atoms with E-state index < -0.39 is 72.6 Å². The molecule has 0 radical (unpaired) electrons. The molecule has 14 heteroatoms. The predicted octanol–water partition coefficient (Wildman–Crippen LogP) is -1.61. The molecule has 0 aromatic heterocycles. The van der Waals surface area contributed by atoms with Crippen molar-refractivity contribution in [3.05, 3.63) is 0 Å². The van der Waals surface area contributed by atoms with Gasteiger partial charge in [0.25, 0.3) is 0 Å². The molecule has 0 aromatic rings. The van der Waals surface area contributed by atoms with Gasteiger partial charge in [-0.25, -0.2) is 4.79 Å². The number of primary amides is 1. The van der Waals surface area contributed by atoms with E-state index in [9.17, 15) is 33.9 Å². The van der Waals surface area contributed by atoms with Crippen molar-refractivity contribution in [2.24, 2.45) is 17.4 Å². The van der Waals surface area contributed by atoms with Gasteiger partial charge < -0.3 is 37.6 Å². The second-order valence-electron chi connectivity index (χ2n) is 8.14. The molecule has 0 fully saturated rings. The van der Waals surface area contributed by atoms with Crippen LogP contribution in [0.25, 0.3) is 0 Å². The molecule has 0 saturated carbocycles. The van der Waals surface area contributed by atoms with E-state index in [1.165, 1.54) is 11.8 Å². The zero-order chi connectivity index (χ0) is 26.4. The highest BCUT2D eigenvalue weighted by Crippen LogP contribution is 2.07. The Hall–Kier alpha value is -2.87. The minimum absolute atomic E-state index is 0.0870. The van der Waals surface area contributed by atoms with Gasteiger partial charge in [-0.3, -0.25) is 24.0 Å². The van der Waals surface area contributed by atoms with Crippen LogP contribution in [0.5, 0.6) is 0 Å². The highest BCUT2D eigenvalue weighted by atomic mass is 32.2. The Morgan fingerprint density at radius 3 is 1.85 bits per heavy atom. The summed E-state index contributed by atoms with van der Waals surface area (Å²) >= 11 is 1.37. The Balaban J connectivity index is 5.54. The van der Waals surface area contributed by atoms with E-state index >= 15 is 0 Å². The van der Waals surface area contributed by atoms with Crippen LogP contribution in [-0.4, -0.2) is 82.0 Å². The summed E-state index contributed by atoms with van der Waals surface area (Å²) in [6, 6.07) is -5.10. The third-order valence-electron chi connectivity index (χ3n) is 4.61. The number of aliphatic carboxylic acids is 2. The molecule has 0 aromatic carbocycles. The van der Waals surface area contributed by atoms with Crippen molar-refractivity contribution in [2.75, 3.05) is 12.0 Å². The van der Waals surface area contributed by atoms with Crippen LogP contribution in [0.15, 0.2) is 0 Å². The molecule has 0 bridgehead atoms. The third kappa shape index (κ3) is 13.0. The van der Waals surface area contributed by atoms with Gasteiger partial charge in [-0.05, 0) is 37.2 Å². The number of thioether (sulfide) groups is 1. The van der Waals surface area contributed by atoms with Crippen LogP contribution in [0.4, 0.5) is 0 Å². The van der Waals surface area contributed by atoms with Crippen LogP contribution >= 0.6 is 11.8 Å². The first kappa shape index (κ1) is 31.1. The van der Waals surface area contributed by atoms with Crippen molar-refractivity contribution in [3.63, 3.8) is 0 Å². The van der Waals surface area contributed by atoms with E-state index in [4.69, 9.17) is 16.6 Å². The maximum atomic E-state index is 12.8. The predicted molar refractivity (Wildman–Crippen MR) is 125 cm³/mol. The Kier molecular flexibility index (Phi) is 14.5. The fourth-order valence-electron chi connectivity index (χ4n) is 2.88. The van der Waals surface area contributed by atoms with Gasteiger partial charge >= 0.3 is 11.9 Å². The number of carbonyl (C=O) groups excluding carboxylic acids is 4. The molecular formula is C20H35N5O8S. The van der Waals surface area contributed by atoms with Crippen molar-refractivity contribution in [1.29, 1.82) is 0 Å². The largest absolute Gasteiger partial charge is 0.481 e. The van der Waals surface area contributed by atoms with Crippen LogP contribution in [-0.2, 0) is 28.8 Å². The summed E-state index contributed by atoms with van der Waals surface area (Å²) < 4.78 is 0. The van der Waals surface area contributed by atoms with E-state index in [-0.39, 0.29) is 18.8 Å². The Bertz CT molecular complexity index is 748. The van der Waals surface area contributed by atoms with Gasteiger partial charge in [0.15, 0.2) is 0 Å². The van der Waals surface area contributed by atoms with Gasteiger partial charge in [0.2, 0.25) is 23.6 Å². The van der Waals surface area contributed by atoms with E-state index in [0.717, 1.165) is 0 Å². The van der Waals surface area contributed by atoms with E-state index in [1.54, 1.807) is 6.26 Å². The molecule has 34 heavy (non-hydrogen) atoms. The Labute approximate surface area is 202 Å². The van der Waals surface area contributed by atoms with Gasteiger partial charge in [0.05, 0.1) is 12.5 Å². The van der Waals surface area contributed by atoms with E-state index in [2.05, 4.69) is 16.0 Å². The van der Waals surface area contributed by atoms with Crippen molar-refractivity contribution in [3.8, 4) is 0 Å². The number of carboxylic acid groups (broad SMARTS) is 2. The standard InChI is InChI=1S/C20H35N5O8S/c1-10(2)8-11(21)17(29)23-12(4-5-16(27)28)18(30)25-14(9-15(22)26)19(31)24-13(20(32)33)6-7-34-3/h10-14H,4-9,21H2,1-3H3,(H2,22,26)(H,23,29)(H,24,31)(H,25,30)(H,27,28)(H,32,33). The van der Waals surface area contributed by atoms with Gasteiger partial charge in [0, 0.05) is 6.42 Å². The fraction of sp³-hybridized carbons (Fsp3) is 0.700. The first-order chi connectivity index (χ1) is 15.8. The average Bonchev–Trinajstić information content (AvgIpc) is 2.71. The quantitative estimate of drug-likeness (QED) is 0.119. The van der Waals surface area contributed by atoms with Crippen LogP contribution in [0.2, 0.25) is 0 Å². The molecule has 9 N–H and O–H groups in total. The molecular weight excluding hydrogens is 470 g/mol. The molecule has 0 rings (SSSR count). The minimum atomic E-state index is -1.53. The summed E-state index contributed by atoms with van der Waals surface area (Å²) in [4.78, 5) is 71.7. The highest BCUT2D eigenvalue weighted by molar-refractivity contribution is 7.98. The number of rotatable bonds is 17. The Morgan fingerprint density at radius 2 is 1.38 bits per heavy atom. The van der Waals surface area contributed by atoms with Crippen molar-refractivity contribution < 1.29 is 39.0 Å². The van der Waals surface area contributed by atoms with E-state index in [0.29, 0.717) is 12.2 Å². The molecule has 4 unspecified atom stereocenters. The minimum Gasteiger partial charge on any atom is -0.481 e. The van der Waals surface area contributed by atoms with Crippen molar-refractivity contribution in [1.82, 2.24) is 16.0 Å². The average molecular weight is 506 g/mol. The monoisotopic (exact) mass is 505 g/mol. The lowest BCUT2D eigenvalue weighted by Crippen LogP contribution is -2.57. The number of nitrogens with two attached hydrogens (primary N) is 2. The highest BCUT2D eigenvalue weighted by Gasteiger charge is 2.31. The normalized spacial score (nSPS) is 14.4. The van der Waals surface area contributed by atoms with Crippen LogP contribution in [0.3, 0.4) is 0 Å². The van der Waals surface area contributed by atoms with Crippen LogP contribution < -0.4 is 27.4 Å². The number of amides is 4. The Morgan fingerprint density at radius 1 is 0.853 bits per heavy atom. The molecule has 13 nitrogen and oxygen atoms in total. The lowest BCUT2D eigenvalue weighted by atomic mass is 10.0. The smallest absolute Gasteiger partial charge is 0.326 e. The third-order valence-corrected chi connectivity index (χ3v) is 5.25. The SMILES string of the molecule is CSCCC(NC(=O)C(CC(N)=O)NC(=O)C(CCC(=O)O)NC(=O)C(N)CC(C)C)C(=O)O. The summed E-state index contributed by atoms with van der Waals surface area (Å²) in [6.45, 7) is 3.69. The summed E-state index contributed by atoms with van der Waals surface area (Å²) in [7, 11) is 0. The summed E-state index contributed by atoms with van der Waals surface area (Å²) in [6.07, 6.45) is 0.759. The van der Waals surface area contributed by atoms with E-state index in [1.807, 2.05) is 13.8 Å². The number of hydrogen-bond acceptors (Lipinski definition) is 8. The maximum Gasteiger partial charge on any atom is 0.326 e. The summed E-state index contributed by atoms with van der Waals surface area (Å²) in [5, 5.41) is 25.2. The van der Waals surface area contributed by atoms with Gasteiger partial charge in [-0.2, -0.15) is 11.8 Å². The molecule has 194 valence electrons. The lowest BCUT2D eigenvalue weighted by molar-refractivity contribution is -0.142. The number of hydrogen-bond donors (Lipinski definition) is 7. The van der Waals surface area contributed by atoms with Gasteiger partial charge in [-0.15, -0.1) is 0 Å². The van der Waals surface area contributed by atoms with Crippen molar-refractivity contribution in [2.45, 2.75) is 70.1 Å². The van der Waals surface area contributed by atoms with Crippen LogP contribution in [0.1, 0.15) is 46.0 Å². The number of carboxylic acids is 2. The second-order valence-corrected chi connectivity index (χ2v) is 9.13. The molecule has 4 amide bonds. The lowest BCUT2D eigenvalue weighted by Gasteiger charge is -2.24. The van der Waals surface area contributed by atoms with Gasteiger partial charge in [0.1, 0.15) is 18.1 Å². The molecule has 0 aliphatic rings. The number of carbonyl (C=O) groups is 6. The molecule has 0 saturated heterocycles. The molecule has 4 atom stereocenters.